The Hall–Kier alpha value is -0.0400. The maximum Gasteiger partial charge on any atom is 0.0694 e. The predicted octanol–water partition coefficient (Wildman–Crippen LogP) is 3.38. The average molecular weight is 182 g/mol. The first-order valence-electron chi connectivity index (χ1n) is 5.74. The van der Waals surface area contributed by atoms with Gasteiger partial charge in [-0.3, -0.25) is 0 Å². The van der Waals surface area contributed by atoms with Gasteiger partial charge in [0.2, 0.25) is 0 Å². The van der Waals surface area contributed by atoms with E-state index >= 15 is 0 Å². The molecule has 1 nitrogen and oxygen atoms in total. The van der Waals surface area contributed by atoms with Crippen LogP contribution in [-0.4, -0.2) is 12.2 Å². The maximum absolute atomic E-state index is 5.87. The normalized spacial score (nSPS) is 46.4. The Balaban J connectivity index is 1.94. The minimum atomic E-state index is 0.332. The Morgan fingerprint density at radius 1 is 1.38 bits per heavy atom. The maximum atomic E-state index is 5.87. The van der Waals surface area contributed by atoms with Gasteiger partial charge in [-0.05, 0) is 37.0 Å². The Bertz CT molecular complexity index is 183. The third-order valence-electron chi connectivity index (χ3n) is 4.44. The molecule has 0 N–H and O–H groups in total. The van der Waals surface area contributed by atoms with E-state index in [2.05, 4.69) is 20.8 Å². The van der Waals surface area contributed by atoms with Crippen LogP contribution in [0.5, 0.6) is 0 Å². The summed E-state index contributed by atoms with van der Waals surface area (Å²) in [6, 6.07) is 0. The minimum absolute atomic E-state index is 0.332. The van der Waals surface area contributed by atoms with Gasteiger partial charge in [0.25, 0.3) is 0 Å². The SMILES string of the molecule is CCC(C)C1(C)CC2(CCCO2)C1. The van der Waals surface area contributed by atoms with Crippen molar-refractivity contribution in [2.75, 3.05) is 6.61 Å². The predicted molar refractivity (Wildman–Crippen MR) is 54.7 cm³/mol. The number of hydrogen-bond donors (Lipinski definition) is 0. The van der Waals surface area contributed by atoms with Gasteiger partial charge in [0, 0.05) is 6.61 Å². The molecule has 0 bridgehead atoms. The molecule has 2 rings (SSSR count). The van der Waals surface area contributed by atoms with Gasteiger partial charge in [0.15, 0.2) is 0 Å². The molecule has 1 saturated heterocycles. The van der Waals surface area contributed by atoms with Crippen molar-refractivity contribution in [2.24, 2.45) is 11.3 Å². The van der Waals surface area contributed by atoms with Gasteiger partial charge >= 0.3 is 0 Å². The molecule has 1 heterocycles. The van der Waals surface area contributed by atoms with Gasteiger partial charge in [-0.1, -0.05) is 27.2 Å². The van der Waals surface area contributed by atoms with Crippen molar-refractivity contribution in [3.05, 3.63) is 0 Å². The van der Waals surface area contributed by atoms with Gasteiger partial charge in [-0.15, -0.1) is 0 Å². The number of ether oxygens (including phenoxy) is 1. The van der Waals surface area contributed by atoms with Crippen molar-refractivity contribution in [3.8, 4) is 0 Å². The van der Waals surface area contributed by atoms with Crippen LogP contribution >= 0.6 is 0 Å². The second-order valence-electron chi connectivity index (χ2n) is 5.45. The average Bonchev–Trinajstić information content (AvgIpc) is 2.50. The van der Waals surface area contributed by atoms with Crippen molar-refractivity contribution >= 4 is 0 Å². The molecule has 2 fully saturated rings. The molecule has 1 aliphatic carbocycles. The van der Waals surface area contributed by atoms with Crippen LogP contribution in [0.25, 0.3) is 0 Å². The van der Waals surface area contributed by atoms with E-state index in [1.165, 1.54) is 32.1 Å². The van der Waals surface area contributed by atoms with Crippen LogP contribution in [0.15, 0.2) is 0 Å². The summed E-state index contributed by atoms with van der Waals surface area (Å²) < 4.78 is 5.87. The molecule has 76 valence electrons. The van der Waals surface area contributed by atoms with Gasteiger partial charge < -0.3 is 4.74 Å². The lowest BCUT2D eigenvalue weighted by molar-refractivity contribution is -0.151. The zero-order valence-electron chi connectivity index (χ0n) is 9.23. The third-order valence-corrected chi connectivity index (χ3v) is 4.44. The van der Waals surface area contributed by atoms with E-state index < -0.39 is 0 Å². The third kappa shape index (κ3) is 1.41. The molecular weight excluding hydrogens is 160 g/mol. The topological polar surface area (TPSA) is 9.23 Å². The Labute approximate surface area is 81.9 Å². The summed E-state index contributed by atoms with van der Waals surface area (Å²) in [6.45, 7) is 8.14. The van der Waals surface area contributed by atoms with E-state index in [4.69, 9.17) is 4.74 Å². The van der Waals surface area contributed by atoms with Crippen LogP contribution in [0.1, 0.15) is 52.9 Å². The lowest BCUT2D eigenvalue weighted by atomic mass is 9.54. The van der Waals surface area contributed by atoms with E-state index in [1.807, 2.05) is 0 Å². The van der Waals surface area contributed by atoms with Crippen LogP contribution in [0.3, 0.4) is 0 Å². The van der Waals surface area contributed by atoms with Crippen LogP contribution in [0.2, 0.25) is 0 Å². The van der Waals surface area contributed by atoms with Crippen molar-refractivity contribution < 1.29 is 4.74 Å². The van der Waals surface area contributed by atoms with Crippen molar-refractivity contribution in [1.82, 2.24) is 0 Å². The summed E-state index contributed by atoms with van der Waals surface area (Å²) in [5.41, 5.74) is 0.914. The van der Waals surface area contributed by atoms with E-state index in [0.717, 1.165) is 12.5 Å². The molecule has 0 aromatic heterocycles. The molecule has 0 aromatic carbocycles. The highest BCUT2D eigenvalue weighted by molar-refractivity contribution is 5.06. The molecule has 1 atom stereocenters. The van der Waals surface area contributed by atoms with Crippen LogP contribution in [-0.2, 0) is 4.74 Å². The summed E-state index contributed by atoms with van der Waals surface area (Å²) in [7, 11) is 0. The summed E-state index contributed by atoms with van der Waals surface area (Å²) in [5.74, 6) is 0.863. The fourth-order valence-corrected chi connectivity index (χ4v) is 3.30. The van der Waals surface area contributed by atoms with Crippen molar-refractivity contribution in [2.45, 2.75) is 58.5 Å². The molecule has 1 unspecified atom stereocenters. The zero-order chi connectivity index (χ0) is 9.53. The molecule has 1 heteroatoms. The van der Waals surface area contributed by atoms with Gasteiger partial charge in [0.05, 0.1) is 5.60 Å². The monoisotopic (exact) mass is 182 g/mol. The van der Waals surface area contributed by atoms with Crippen LogP contribution in [0.4, 0.5) is 0 Å². The van der Waals surface area contributed by atoms with Gasteiger partial charge in [0.1, 0.15) is 0 Å². The highest BCUT2D eigenvalue weighted by Gasteiger charge is 2.55. The molecule has 0 aromatic rings. The second kappa shape index (κ2) is 2.98. The molecule has 13 heavy (non-hydrogen) atoms. The summed E-state index contributed by atoms with van der Waals surface area (Å²) >= 11 is 0. The molecular formula is C12H22O. The quantitative estimate of drug-likeness (QED) is 0.636. The van der Waals surface area contributed by atoms with E-state index in [0.29, 0.717) is 11.0 Å². The van der Waals surface area contributed by atoms with Crippen LogP contribution < -0.4 is 0 Å². The zero-order valence-corrected chi connectivity index (χ0v) is 9.23. The van der Waals surface area contributed by atoms with Crippen molar-refractivity contribution in [3.63, 3.8) is 0 Å². The summed E-state index contributed by atoms with van der Waals surface area (Å²) in [4.78, 5) is 0. The molecule has 0 amide bonds. The number of hydrogen-bond acceptors (Lipinski definition) is 1. The van der Waals surface area contributed by atoms with Gasteiger partial charge in [-0.2, -0.15) is 0 Å². The van der Waals surface area contributed by atoms with E-state index in [-0.39, 0.29) is 0 Å². The summed E-state index contributed by atoms with van der Waals surface area (Å²) in [5, 5.41) is 0. The smallest absolute Gasteiger partial charge is 0.0694 e. The molecule has 1 spiro atoms. The molecule has 0 radical (unpaired) electrons. The first kappa shape index (κ1) is 9.51. The second-order valence-corrected chi connectivity index (χ2v) is 5.45. The first-order chi connectivity index (χ1) is 6.10. The standard InChI is InChI=1S/C12H22O/c1-4-10(2)11(3)8-12(9-11)6-5-7-13-12/h10H,4-9H2,1-3H3. The van der Waals surface area contributed by atoms with E-state index in [9.17, 15) is 0 Å². The van der Waals surface area contributed by atoms with Gasteiger partial charge in [-0.25, -0.2) is 0 Å². The Kier molecular flexibility index (Phi) is 2.18. The van der Waals surface area contributed by atoms with Crippen LogP contribution in [0, 0.1) is 11.3 Å². The Morgan fingerprint density at radius 3 is 2.54 bits per heavy atom. The Morgan fingerprint density at radius 2 is 2.08 bits per heavy atom. The summed E-state index contributed by atoms with van der Waals surface area (Å²) in [6.07, 6.45) is 6.55. The van der Waals surface area contributed by atoms with E-state index in [1.54, 1.807) is 0 Å². The number of rotatable bonds is 2. The lowest BCUT2D eigenvalue weighted by Gasteiger charge is -2.55. The highest BCUT2D eigenvalue weighted by Crippen LogP contribution is 2.58. The largest absolute Gasteiger partial charge is 0.375 e. The fraction of sp³-hybridized carbons (Fsp3) is 1.00. The molecule has 1 saturated carbocycles. The molecule has 1 aliphatic heterocycles. The molecule has 2 aliphatic rings. The van der Waals surface area contributed by atoms with Crippen molar-refractivity contribution in [1.29, 1.82) is 0 Å². The lowest BCUT2D eigenvalue weighted by Crippen LogP contribution is -2.52. The minimum Gasteiger partial charge on any atom is -0.375 e. The fourth-order valence-electron chi connectivity index (χ4n) is 3.30. The first-order valence-corrected chi connectivity index (χ1v) is 5.74. The highest BCUT2D eigenvalue weighted by atomic mass is 16.5.